The van der Waals surface area contributed by atoms with Crippen molar-refractivity contribution < 1.29 is 4.79 Å². The fourth-order valence-electron chi connectivity index (χ4n) is 3.77. The molecule has 6 heteroatoms. The summed E-state index contributed by atoms with van der Waals surface area (Å²) in [5, 5.41) is 6.82. The van der Waals surface area contributed by atoms with Crippen LogP contribution < -0.4 is 0 Å². The van der Waals surface area contributed by atoms with Gasteiger partial charge in [0.1, 0.15) is 0 Å². The molecule has 4 heterocycles. The van der Waals surface area contributed by atoms with Crippen molar-refractivity contribution >= 4 is 22.9 Å². The Morgan fingerprint density at radius 3 is 2.57 bits per heavy atom. The van der Waals surface area contributed by atoms with Crippen molar-refractivity contribution in [2.75, 3.05) is 13.1 Å². The molecule has 0 N–H and O–H groups in total. The van der Waals surface area contributed by atoms with Crippen molar-refractivity contribution in [3.05, 3.63) is 77.6 Å². The standard InChI is InChI=1S/C22H20N4OS/c27-22(17-5-2-1-3-6-17)25-12-10-16(11-13-25)21-23-20-9-8-18(15-26(20)24-21)19-7-4-14-28-19/h1-9,14-16H,10-13H2. The molecule has 1 fully saturated rings. The van der Waals surface area contributed by atoms with Gasteiger partial charge in [0.25, 0.3) is 5.91 Å². The molecule has 1 aliphatic heterocycles. The quantitative estimate of drug-likeness (QED) is 0.520. The predicted molar refractivity (Wildman–Crippen MR) is 111 cm³/mol. The summed E-state index contributed by atoms with van der Waals surface area (Å²) < 4.78 is 1.88. The van der Waals surface area contributed by atoms with Gasteiger partial charge in [-0.05, 0) is 48.6 Å². The number of carbonyl (C=O) groups is 1. The average Bonchev–Trinajstić information content (AvgIpc) is 3.43. The molecule has 1 amide bonds. The van der Waals surface area contributed by atoms with Crippen LogP contribution in [-0.4, -0.2) is 38.5 Å². The second kappa shape index (κ2) is 7.20. The van der Waals surface area contributed by atoms with Crippen LogP contribution in [-0.2, 0) is 0 Å². The first kappa shape index (κ1) is 17.1. The van der Waals surface area contributed by atoms with E-state index in [4.69, 9.17) is 10.1 Å². The highest BCUT2D eigenvalue weighted by atomic mass is 32.1. The van der Waals surface area contributed by atoms with Crippen LogP contribution in [0.2, 0.25) is 0 Å². The zero-order chi connectivity index (χ0) is 18.9. The van der Waals surface area contributed by atoms with Gasteiger partial charge in [0, 0.05) is 41.2 Å². The number of hydrogen-bond acceptors (Lipinski definition) is 4. The molecule has 0 spiro atoms. The molecule has 0 bridgehead atoms. The molecule has 0 aliphatic carbocycles. The number of benzene rings is 1. The van der Waals surface area contributed by atoms with Gasteiger partial charge >= 0.3 is 0 Å². The van der Waals surface area contributed by atoms with E-state index in [-0.39, 0.29) is 5.91 Å². The normalized spacial score (nSPS) is 15.2. The first-order valence-corrected chi connectivity index (χ1v) is 10.4. The van der Waals surface area contributed by atoms with E-state index in [1.807, 2.05) is 52.0 Å². The van der Waals surface area contributed by atoms with Gasteiger partial charge in [-0.2, -0.15) is 5.10 Å². The number of pyridine rings is 1. The fourth-order valence-corrected chi connectivity index (χ4v) is 4.48. The Kier molecular flexibility index (Phi) is 4.41. The third-order valence-corrected chi connectivity index (χ3v) is 6.24. The first-order valence-electron chi connectivity index (χ1n) is 9.52. The third kappa shape index (κ3) is 3.20. The Balaban J connectivity index is 1.31. The summed E-state index contributed by atoms with van der Waals surface area (Å²) in [6.07, 6.45) is 3.84. The van der Waals surface area contributed by atoms with Crippen LogP contribution in [0, 0.1) is 0 Å². The SMILES string of the molecule is O=C(c1ccccc1)N1CCC(c2nc3ccc(-c4cccs4)cn3n2)CC1. The zero-order valence-electron chi connectivity index (χ0n) is 15.4. The van der Waals surface area contributed by atoms with Gasteiger partial charge in [0.15, 0.2) is 11.5 Å². The largest absolute Gasteiger partial charge is 0.339 e. The van der Waals surface area contributed by atoms with Crippen LogP contribution in [0.25, 0.3) is 16.1 Å². The van der Waals surface area contributed by atoms with Gasteiger partial charge in [-0.3, -0.25) is 4.79 Å². The summed E-state index contributed by atoms with van der Waals surface area (Å²) >= 11 is 1.72. The second-order valence-corrected chi connectivity index (χ2v) is 8.05. The Bertz CT molecular complexity index is 1100. The van der Waals surface area contributed by atoms with Gasteiger partial charge < -0.3 is 4.90 Å². The second-order valence-electron chi connectivity index (χ2n) is 7.10. The van der Waals surface area contributed by atoms with Crippen LogP contribution in [0.1, 0.15) is 34.9 Å². The molecule has 3 aromatic heterocycles. The van der Waals surface area contributed by atoms with E-state index in [9.17, 15) is 4.79 Å². The van der Waals surface area contributed by atoms with Crippen LogP contribution in [0.15, 0.2) is 66.2 Å². The monoisotopic (exact) mass is 388 g/mol. The van der Waals surface area contributed by atoms with Crippen LogP contribution >= 0.6 is 11.3 Å². The lowest BCUT2D eigenvalue weighted by Crippen LogP contribution is -2.38. The lowest BCUT2D eigenvalue weighted by molar-refractivity contribution is 0.0711. The zero-order valence-corrected chi connectivity index (χ0v) is 16.2. The van der Waals surface area contributed by atoms with Gasteiger partial charge in [0.05, 0.1) is 0 Å². The number of thiophene rings is 1. The minimum absolute atomic E-state index is 0.114. The van der Waals surface area contributed by atoms with Crippen molar-refractivity contribution in [2.45, 2.75) is 18.8 Å². The number of carbonyl (C=O) groups excluding carboxylic acids is 1. The van der Waals surface area contributed by atoms with Crippen molar-refractivity contribution in [2.24, 2.45) is 0 Å². The minimum atomic E-state index is 0.114. The molecule has 0 unspecified atom stereocenters. The fraction of sp³-hybridized carbons (Fsp3) is 0.227. The van der Waals surface area contributed by atoms with Crippen LogP contribution in [0.5, 0.6) is 0 Å². The number of fused-ring (bicyclic) bond motifs is 1. The lowest BCUT2D eigenvalue weighted by atomic mass is 9.95. The Hall–Kier alpha value is -2.99. The average molecular weight is 388 g/mol. The van der Waals surface area contributed by atoms with Crippen LogP contribution in [0.3, 0.4) is 0 Å². The summed E-state index contributed by atoms with van der Waals surface area (Å²) in [6, 6.07) is 17.8. The van der Waals surface area contributed by atoms with Gasteiger partial charge in [-0.25, -0.2) is 9.50 Å². The minimum Gasteiger partial charge on any atom is -0.339 e. The van der Waals surface area contributed by atoms with E-state index >= 15 is 0 Å². The molecule has 28 heavy (non-hydrogen) atoms. The number of piperidine rings is 1. The van der Waals surface area contributed by atoms with Crippen molar-refractivity contribution in [1.29, 1.82) is 0 Å². The highest BCUT2D eigenvalue weighted by Crippen LogP contribution is 2.28. The Morgan fingerprint density at radius 2 is 1.82 bits per heavy atom. The number of rotatable bonds is 3. The molecule has 5 rings (SSSR count). The van der Waals surface area contributed by atoms with E-state index in [1.54, 1.807) is 11.3 Å². The third-order valence-electron chi connectivity index (χ3n) is 5.32. The summed E-state index contributed by atoms with van der Waals surface area (Å²) in [4.78, 5) is 20.5. The number of amides is 1. The topological polar surface area (TPSA) is 50.5 Å². The van der Waals surface area contributed by atoms with Gasteiger partial charge in [0.2, 0.25) is 0 Å². The maximum atomic E-state index is 12.6. The molecular weight excluding hydrogens is 368 g/mol. The highest BCUT2D eigenvalue weighted by molar-refractivity contribution is 7.13. The smallest absolute Gasteiger partial charge is 0.253 e. The van der Waals surface area contributed by atoms with Crippen LogP contribution in [0.4, 0.5) is 0 Å². The maximum absolute atomic E-state index is 12.6. The molecular formula is C22H20N4OS. The number of hydrogen-bond donors (Lipinski definition) is 0. The number of likely N-dealkylation sites (tertiary alicyclic amines) is 1. The highest BCUT2D eigenvalue weighted by Gasteiger charge is 2.27. The molecule has 140 valence electrons. The number of nitrogens with zero attached hydrogens (tertiary/aromatic N) is 4. The first-order chi connectivity index (χ1) is 13.8. The van der Waals surface area contributed by atoms with E-state index < -0.39 is 0 Å². The molecule has 5 nitrogen and oxygen atoms in total. The van der Waals surface area contributed by atoms with Crippen molar-refractivity contribution in [3.8, 4) is 10.4 Å². The van der Waals surface area contributed by atoms with Crippen molar-refractivity contribution in [3.63, 3.8) is 0 Å². The molecule has 0 saturated carbocycles. The molecule has 0 radical (unpaired) electrons. The summed E-state index contributed by atoms with van der Waals surface area (Å²) in [7, 11) is 0. The molecule has 1 aromatic carbocycles. The summed E-state index contributed by atoms with van der Waals surface area (Å²) in [5.41, 5.74) is 2.79. The Morgan fingerprint density at radius 1 is 1.00 bits per heavy atom. The summed E-state index contributed by atoms with van der Waals surface area (Å²) in [5.74, 6) is 1.29. The van der Waals surface area contributed by atoms with E-state index in [1.165, 1.54) is 4.88 Å². The predicted octanol–water partition coefficient (Wildman–Crippen LogP) is 4.48. The molecule has 0 atom stereocenters. The van der Waals surface area contributed by atoms with E-state index in [0.717, 1.165) is 48.5 Å². The maximum Gasteiger partial charge on any atom is 0.253 e. The van der Waals surface area contributed by atoms with Crippen molar-refractivity contribution in [1.82, 2.24) is 19.5 Å². The molecule has 1 saturated heterocycles. The number of aromatic nitrogens is 3. The van der Waals surface area contributed by atoms with Gasteiger partial charge in [-0.1, -0.05) is 24.3 Å². The molecule has 1 aliphatic rings. The van der Waals surface area contributed by atoms with E-state index in [2.05, 4.69) is 23.6 Å². The lowest BCUT2D eigenvalue weighted by Gasteiger charge is -2.30. The van der Waals surface area contributed by atoms with Gasteiger partial charge in [-0.15, -0.1) is 11.3 Å². The summed E-state index contributed by atoms with van der Waals surface area (Å²) in [6.45, 7) is 1.49. The Labute approximate surface area is 167 Å². The molecule has 4 aromatic rings. The van der Waals surface area contributed by atoms with E-state index in [0.29, 0.717) is 5.92 Å².